The van der Waals surface area contributed by atoms with Crippen molar-refractivity contribution < 1.29 is 9.84 Å². The van der Waals surface area contributed by atoms with Gasteiger partial charge in [0.15, 0.2) is 5.82 Å². The summed E-state index contributed by atoms with van der Waals surface area (Å²) in [6.07, 6.45) is 3.53. The average molecular weight is 454 g/mol. The van der Waals surface area contributed by atoms with Crippen LogP contribution in [-0.2, 0) is 11.3 Å². The number of pyridine rings is 1. The van der Waals surface area contributed by atoms with Crippen molar-refractivity contribution in [3.63, 3.8) is 0 Å². The number of nitrogens with two attached hydrogens (primary N) is 1. The molecule has 0 radical (unpaired) electrons. The Kier molecular flexibility index (Phi) is 6.89. The minimum atomic E-state index is -0.215. The Morgan fingerprint density at radius 2 is 2.00 bits per heavy atom. The molecule has 7 nitrogen and oxygen atoms in total. The molecular weight excluding hydrogens is 425 g/mol. The first-order valence-electron chi connectivity index (χ1n) is 9.77. The van der Waals surface area contributed by atoms with Crippen LogP contribution in [0.1, 0.15) is 38.6 Å². The third kappa shape index (κ3) is 3.89. The number of ether oxygens (including phenoxy) is 1. The van der Waals surface area contributed by atoms with Gasteiger partial charge in [-0.2, -0.15) is 0 Å². The highest BCUT2D eigenvalue weighted by Gasteiger charge is 2.47. The van der Waals surface area contributed by atoms with E-state index in [9.17, 15) is 5.11 Å². The minimum absolute atomic E-state index is 0. The van der Waals surface area contributed by atoms with E-state index >= 15 is 0 Å². The van der Waals surface area contributed by atoms with Gasteiger partial charge < -0.3 is 20.5 Å². The molecule has 1 spiro atoms. The summed E-state index contributed by atoms with van der Waals surface area (Å²) in [6.45, 7) is 6.01. The first-order chi connectivity index (χ1) is 13.9. The molecule has 0 saturated carbocycles. The molecule has 30 heavy (non-hydrogen) atoms. The van der Waals surface area contributed by atoms with Gasteiger partial charge in [-0.1, -0.05) is 30.6 Å². The lowest BCUT2D eigenvalue weighted by atomic mass is 9.73. The normalized spacial score (nSPS) is 22.9. The standard InChI is InChI=1S/C20H25Cl2N5O2.CH4/c1-11-16(13-3-6-24-18(22)15(13)21)26-14(9-28)19(25-11)27-7-4-20(5-8-27)10-29-12(2)17(20)23;/h3,6,12,17,28H,4-5,7-10,23H2,1-2H3;1H4/t12-,17+;/m0./s1. The molecule has 0 aromatic carbocycles. The van der Waals surface area contributed by atoms with Crippen LogP contribution in [0.5, 0.6) is 0 Å². The summed E-state index contributed by atoms with van der Waals surface area (Å²) in [7, 11) is 0. The molecule has 2 aliphatic rings. The SMILES string of the molecule is C.Cc1nc(N2CCC3(CC2)CO[C@@H](C)[C@H]3N)c(CO)nc1-c1ccnc(Cl)c1Cl. The molecule has 2 aromatic rings. The van der Waals surface area contributed by atoms with Crippen molar-refractivity contribution in [3.05, 3.63) is 33.8 Å². The number of aromatic nitrogens is 3. The Labute approximate surface area is 187 Å². The maximum atomic E-state index is 9.98. The van der Waals surface area contributed by atoms with Crippen molar-refractivity contribution in [2.45, 2.75) is 52.9 Å². The van der Waals surface area contributed by atoms with Crippen LogP contribution >= 0.6 is 23.2 Å². The fraction of sp³-hybridized carbons (Fsp3) is 0.571. The predicted octanol–water partition coefficient (Wildman–Crippen LogP) is 3.61. The Morgan fingerprint density at radius 3 is 2.60 bits per heavy atom. The van der Waals surface area contributed by atoms with E-state index in [1.165, 1.54) is 0 Å². The van der Waals surface area contributed by atoms with Crippen molar-refractivity contribution in [2.75, 3.05) is 24.6 Å². The van der Waals surface area contributed by atoms with Crippen LogP contribution in [0, 0.1) is 12.3 Å². The maximum Gasteiger partial charge on any atom is 0.153 e. The number of piperidine rings is 1. The number of anilines is 1. The number of halogens is 2. The summed E-state index contributed by atoms with van der Waals surface area (Å²) < 4.78 is 5.81. The molecule has 0 amide bonds. The zero-order valence-corrected chi connectivity index (χ0v) is 18.0. The quantitative estimate of drug-likeness (QED) is 0.684. The monoisotopic (exact) mass is 453 g/mol. The van der Waals surface area contributed by atoms with Crippen molar-refractivity contribution in [2.24, 2.45) is 11.1 Å². The predicted molar refractivity (Wildman–Crippen MR) is 120 cm³/mol. The van der Waals surface area contributed by atoms with Gasteiger partial charge in [0.05, 0.1) is 35.7 Å². The highest BCUT2D eigenvalue weighted by atomic mass is 35.5. The molecular formula is C21H29Cl2N5O2. The van der Waals surface area contributed by atoms with Crippen molar-refractivity contribution >= 4 is 29.0 Å². The summed E-state index contributed by atoms with van der Waals surface area (Å²) in [5, 5.41) is 10.5. The van der Waals surface area contributed by atoms with Crippen LogP contribution in [0.2, 0.25) is 10.2 Å². The van der Waals surface area contributed by atoms with Gasteiger partial charge in [-0.3, -0.25) is 0 Å². The van der Waals surface area contributed by atoms with Crippen LogP contribution in [0.3, 0.4) is 0 Å². The Bertz CT molecular complexity index is 919. The fourth-order valence-electron chi connectivity index (χ4n) is 4.39. The van der Waals surface area contributed by atoms with E-state index in [1.54, 1.807) is 12.3 Å². The highest BCUT2D eigenvalue weighted by molar-refractivity contribution is 6.42. The van der Waals surface area contributed by atoms with E-state index in [-0.39, 0.29) is 36.7 Å². The van der Waals surface area contributed by atoms with Gasteiger partial charge in [0.2, 0.25) is 0 Å². The molecule has 0 bridgehead atoms. The fourth-order valence-corrected chi connectivity index (χ4v) is 4.75. The van der Waals surface area contributed by atoms with E-state index in [1.807, 2.05) is 13.8 Å². The van der Waals surface area contributed by atoms with Crippen LogP contribution in [-0.4, -0.2) is 51.9 Å². The van der Waals surface area contributed by atoms with E-state index in [2.05, 4.69) is 14.9 Å². The second-order valence-corrected chi connectivity index (χ2v) is 8.68. The summed E-state index contributed by atoms with van der Waals surface area (Å²) in [6, 6.07) is 1.80. The van der Waals surface area contributed by atoms with E-state index in [0.717, 1.165) is 31.6 Å². The third-order valence-corrected chi connectivity index (χ3v) is 7.04. The summed E-state index contributed by atoms with van der Waals surface area (Å²) in [5.74, 6) is 0.709. The first kappa shape index (κ1) is 23.2. The molecule has 4 rings (SSSR count). The minimum Gasteiger partial charge on any atom is -0.390 e. The average Bonchev–Trinajstić information content (AvgIpc) is 2.99. The van der Waals surface area contributed by atoms with E-state index in [0.29, 0.717) is 34.4 Å². The van der Waals surface area contributed by atoms with Crippen LogP contribution < -0.4 is 10.6 Å². The van der Waals surface area contributed by atoms with Crippen molar-refractivity contribution in [3.8, 4) is 11.3 Å². The largest absolute Gasteiger partial charge is 0.390 e. The third-order valence-electron chi connectivity index (χ3n) is 6.28. The van der Waals surface area contributed by atoms with Crippen molar-refractivity contribution in [1.29, 1.82) is 0 Å². The molecule has 2 saturated heterocycles. The molecule has 0 unspecified atom stereocenters. The molecule has 2 fully saturated rings. The van der Waals surface area contributed by atoms with Crippen molar-refractivity contribution in [1.82, 2.24) is 15.0 Å². The van der Waals surface area contributed by atoms with E-state index in [4.69, 9.17) is 38.7 Å². The molecule has 2 atom stereocenters. The molecule has 4 heterocycles. The lowest BCUT2D eigenvalue weighted by molar-refractivity contribution is 0.0973. The van der Waals surface area contributed by atoms with Crippen LogP contribution in [0.15, 0.2) is 12.3 Å². The first-order valence-corrected chi connectivity index (χ1v) is 10.5. The van der Waals surface area contributed by atoms with Gasteiger partial charge in [0.25, 0.3) is 0 Å². The smallest absolute Gasteiger partial charge is 0.153 e. The Morgan fingerprint density at radius 1 is 1.30 bits per heavy atom. The van der Waals surface area contributed by atoms with Crippen LogP contribution in [0.25, 0.3) is 11.3 Å². The Balaban J connectivity index is 0.00000256. The highest BCUT2D eigenvalue weighted by Crippen LogP contribution is 2.42. The summed E-state index contributed by atoms with van der Waals surface area (Å²) in [5.41, 5.74) is 8.94. The topological polar surface area (TPSA) is 97.4 Å². The molecule has 3 N–H and O–H groups in total. The molecule has 2 aromatic heterocycles. The second-order valence-electron chi connectivity index (χ2n) is 7.94. The van der Waals surface area contributed by atoms with Crippen LogP contribution in [0.4, 0.5) is 5.82 Å². The van der Waals surface area contributed by atoms with Gasteiger partial charge in [0, 0.05) is 36.3 Å². The number of hydrogen-bond acceptors (Lipinski definition) is 7. The van der Waals surface area contributed by atoms with Gasteiger partial charge in [-0.05, 0) is 32.8 Å². The number of aliphatic hydroxyl groups is 1. The lowest BCUT2D eigenvalue weighted by Crippen LogP contribution is -2.51. The summed E-state index contributed by atoms with van der Waals surface area (Å²) >= 11 is 12.4. The Hall–Kier alpha value is -1.51. The number of hydrogen-bond donors (Lipinski definition) is 2. The zero-order chi connectivity index (χ0) is 20.8. The number of rotatable bonds is 3. The van der Waals surface area contributed by atoms with Gasteiger partial charge in [-0.15, -0.1) is 0 Å². The molecule has 2 aliphatic heterocycles. The van der Waals surface area contributed by atoms with Gasteiger partial charge in [0.1, 0.15) is 10.8 Å². The number of aryl methyl sites for hydroxylation is 1. The molecule has 9 heteroatoms. The number of nitrogens with zero attached hydrogens (tertiary/aromatic N) is 4. The molecule has 164 valence electrons. The van der Waals surface area contributed by atoms with E-state index < -0.39 is 0 Å². The summed E-state index contributed by atoms with van der Waals surface area (Å²) in [4.78, 5) is 15.6. The number of aliphatic hydroxyl groups excluding tert-OH is 1. The zero-order valence-electron chi connectivity index (χ0n) is 16.5. The second kappa shape index (κ2) is 8.93. The van der Waals surface area contributed by atoms with Gasteiger partial charge in [-0.25, -0.2) is 15.0 Å². The maximum absolute atomic E-state index is 9.98. The lowest BCUT2D eigenvalue weighted by Gasteiger charge is -2.42. The van der Waals surface area contributed by atoms with Gasteiger partial charge >= 0.3 is 0 Å². The molecule has 0 aliphatic carbocycles.